The highest BCUT2D eigenvalue weighted by atomic mass is 16.5. The van der Waals surface area contributed by atoms with E-state index in [0.29, 0.717) is 42.3 Å². The fraction of sp³-hybridized carbons (Fsp3) is 0.542. The van der Waals surface area contributed by atoms with Gasteiger partial charge in [0.1, 0.15) is 0 Å². The summed E-state index contributed by atoms with van der Waals surface area (Å²) in [5.41, 5.74) is 3.35. The summed E-state index contributed by atoms with van der Waals surface area (Å²) < 4.78 is 7.14. The summed E-state index contributed by atoms with van der Waals surface area (Å²) in [7, 11) is 0. The molecule has 2 amide bonds. The van der Waals surface area contributed by atoms with Gasteiger partial charge in [0.15, 0.2) is 0 Å². The number of hydrogen-bond acceptors (Lipinski definition) is 4. The monoisotopic (exact) mass is 438 g/mol. The Kier molecular flexibility index (Phi) is 5.00. The predicted molar refractivity (Wildman–Crippen MR) is 121 cm³/mol. The lowest BCUT2D eigenvalue weighted by atomic mass is 10.0. The predicted octanol–water partition coefficient (Wildman–Crippen LogP) is 4.17. The van der Waals surface area contributed by atoms with Crippen molar-refractivity contribution < 1.29 is 19.4 Å². The van der Waals surface area contributed by atoms with Crippen molar-refractivity contribution in [2.45, 2.75) is 52.1 Å². The molecule has 1 aromatic carbocycles. The van der Waals surface area contributed by atoms with Gasteiger partial charge in [-0.2, -0.15) is 5.10 Å². The molecule has 2 aromatic rings. The average Bonchev–Trinajstić information content (AvgIpc) is 3.07. The van der Waals surface area contributed by atoms with Gasteiger partial charge in [-0.15, -0.1) is 0 Å². The molecule has 2 atom stereocenters. The van der Waals surface area contributed by atoms with Crippen molar-refractivity contribution in [3.63, 3.8) is 0 Å². The molecule has 3 aliphatic rings. The molecule has 1 saturated carbocycles. The average molecular weight is 439 g/mol. The number of anilines is 2. The van der Waals surface area contributed by atoms with Crippen molar-refractivity contribution in [1.29, 1.82) is 0 Å². The number of fused-ring (bicyclic) bond motifs is 1. The molecular weight excluding hydrogens is 408 g/mol. The third kappa shape index (κ3) is 3.66. The first-order valence-corrected chi connectivity index (χ1v) is 11.3. The Morgan fingerprint density at radius 2 is 1.97 bits per heavy atom. The maximum atomic E-state index is 13.2. The molecule has 2 fully saturated rings. The van der Waals surface area contributed by atoms with E-state index in [4.69, 9.17) is 4.74 Å². The summed E-state index contributed by atoms with van der Waals surface area (Å²) in [5, 5.41) is 14.3. The number of benzene rings is 1. The van der Waals surface area contributed by atoms with E-state index in [1.165, 1.54) is 11.3 Å². The van der Waals surface area contributed by atoms with Gasteiger partial charge in [-0.1, -0.05) is 19.9 Å². The van der Waals surface area contributed by atoms with E-state index in [-0.39, 0.29) is 24.5 Å². The van der Waals surface area contributed by atoms with Crippen LogP contribution in [0.3, 0.4) is 0 Å². The first-order chi connectivity index (χ1) is 15.2. The van der Waals surface area contributed by atoms with Gasteiger partial charge in [0, 0.05) is 24.7 Å². The molecule has 1 N–H and O–H groups in total. The molecule has 1 unspecified atom stereocenters. The fourth-order valence-electron chi connectivity index (χ4n) is 4.92. The molecule has 8 nitrogen and oxygen atoms in total. The van der Waals surface area contributed by atoms with Crippen LogP contribution in [0.1, 0.15) is 46.1 Å². The Balaban J connectivity index is 1.43. The molecule has 1 saturated heterocycles. The highest BCUT2D eigenvalue weighted by Crippen LogP contribution is 2.54. The van der Waals surface area contributed by atoms with E-state index in [9.17, 15) is 14.7 Å². The molecule has 32 heavy (non-hydrogen) atoms. The van der Waals surface area contributed by atoms with Crippen molar-refractivity contribution in [3.8, 4) is 11.1 Å². The highest BCUT2D eigenvalue weighted by molar-refractivity contribution is 6.03. The quantitative estimate of drug-likeness (QED) is 0.757. The number of rotatable bonds is 5. The minimum atomic E-state index is -1.01. The van der Waals surface area contributed by atoms with Gasteiger partial charge in [-0.05, 0) is 48.8 Å². The smallest absolute Gasteiger partial charge is 0.411 e. The van der Waals surface area contributed by atoms with Gasteiger partial charge >= 0.3 is 6.09 Å². The van der Waals surface area contributed by atoms with Crippen molar-refractivity contribution in [3.05, 3.63) is 30.6 Å². The molecule has 8 heteroatoms. The molecule has 3 heterocycles. The normalized spacial score (nSPS) is 24.1. The van der Waals surface area contributed by atoms with E-state index in [0.717, 1.165) is 17.5 Å². The zero-order valence-electron chi connectivity index (χ0n) is 18.8. The lowest BCUT2D eigenvalue weighted by Crippen LogP contribution is -2.51. The number of nitrogens with zero attached hydrogens (tertiary/aromatic N) is 4. The Bertz CT molecular complexity index is 1060. The summed E-state index contributed by atoms with van der Waals surface area (Å²) in [6, 6.07) is 5.71. The number of aromatic nitrogens is 2. The largest absolute Gasteiger partial charge is 0.465 e. The number of ether oxygens (including phenoxy) is 1. The van der Waals surface area contributed by atoms with Crippen LogP contribution in [0.4, 0.5) is 16.2 Å². The third-order valence-electron chi connectivity index (χ3n) is 7.27. The van der Waals surface area contributed by atoms with Crippen LogP contribution < -0.4 is 9.80 Å². The Labute approximate surface area is 187 Å². The summed E-state index contributed by atoms with van der Waals surface area (Å²) >= 11 is 0. The lowest BCUT2D eigenvalue weighted by molar-refractivity contribution is -0.119. The van der Waals surface area contributed by atoms with E-state index in [1.807, 2.05) is 36.0 Å². The number of carbonyl (C=O) groups is 2. The van der Waals surface area contributed by atoms with Crippen LogP contribution in [-0.4, -0.2) is 52.7 Å². The van der Waals surface area contributed by atoms with E-state index >= 15 is 0 Å². The standard InChI is InChI=1S/C24H30N4O4/c1-15-11-26(23(30)31)21-8-16(17-10-25-27(12-17)19-13-32-14-19)4-6-20(21)28(15)22(29)7-5-18-9-24(18,2)3/h4,6,8,10,12,15,18-19H,5,7,9,11,13-14H2,1-3H3,(H,30,31)/t15-,18?/m0/s1. The second-order valence-corrected chi connectivity index (χ2v) is 10.0. The first kappa shape index (κ1) is 21.0. The van der Waals surface area contributed by atoms with Crippen LogP contribution in [0.15, 0.2) is 30.6 Å². The molecule has 5 rings (SSSR count). The van der Waals surface area contributed by atoms with Crippen molar-refractivity contribution >= 4 is 23.4 Å². The number of carboxylic acid groups (broad SMARTS) is 1. The van der Waals surface area contributed by atoms with Gasteiger partial charge in [0.2, 0.25) is 5.91 Å². The van der Waals surface area contributed by atoms with Crippen molar-refractivity contribution in [2.24, 2.45) is 11.3 Å². The maximum Gasteiger partial charge on any atom is 0.411 e. The van der Waals surface area contributed by atoms with Crippen LogP contribution in [0.5, 0.6) is 0 Å². The van der Waals surface area contributed by atoms with E-state index in [2.05, 4.69) is 18.9 Å². The Hall–Kier alpha value is -2.87. The molecule has 1 aliphatic carbocycles. The second-order valence-electron chi connectivity index (χ2n) is 10.0. The molecule has 170 valence electrons. The van der Waals surface area contributed by atoms with Crippen LogP contribution in [0, 0.1) is 11.3 Å². The Morgan fingerprint density at radius 3 is 2.59 bits per heavy atom. The second kappa shape index (κ2) is 7.62. The number of hydrogen-bond donors (Lipinski definition) is 1. The van der Waals surface area contributed by atoms with Gasteiger partial charge in [0.05, 0.1) is 42.9 Å². The van der Waals surface area contributed by atoms with Crippen LogP contribution in [0.2, 0.25) is 0 Å². The third-order valence-corrected chi connectivity index (χ3v) is 7.27. The summed E-state index contributed by atoms with van der Waals surface area (Å²) in [5.74, 6) is 0.665. The summed E-state index contributed by atoms with van der Waals surface area (Å²) in [6.45, 7) is 7.97. The van der Waals surface area contributed by atoms with Crippen LogP contribution >= 0.6 is 0 Å². The highest BCUT2D eigenvalue weighted by Gasteiger charge is 2.45. The van der Waals surface area contributed by atoms with Crippen molar-refractivity contribution in [1.82, 2.24) is 9.78 Å². The Morgan fingerprint density at radius 1 is 1.22 bits per heavy atom. The van der Waals surface area contributed by atoms with Crippen molar-refractivity contribution in [2.75, 3.05) is 29.6 Å². The molecule has 0 spiro atoms. The molecule has 1 aromatic heterocycles. The SMILES string of the molecule is C[C@H]1CN(C(=O)O)c2cc(-c3cnn(C4COC4)c3)ccc2N1C(=O)CCC1CC1(C)C. The molecule has 0 bridgehead atoms. The lowest BCUT2D eigenvalue weighted by Gasteiger charge is -2.40. The fourth-order valence-corrected chi connectivity index (χ4v) is 4.92. The van der Waals surface area contributed by atoms with Crippen LogP contribution in [0.25, 0.3) is 11.1 Å². The van der Waals surface area contributed by atoms with Crippen LogP contribution in [-0.2, 0) is 9.53 Å². The first-order valence-electron chi connectivity index (χ1n) is 11.3. The van der Waals surface area contributed by atoms with Gasteiger partial charge in [-0.25, -0.2) is 4.79 Å². The summed E-state index contributed by atoms with van der Waals surface area (Å²) in [4.78, 5) is 28.4. The maximum absolute atomic E-state index is 13.2. The topological polar surface area (TPSA) is 87.9 Å². The van der Waals surface area contributed by atoms with Gasteiger partial charge in [-0.3, -0.25) is 14.4 Å². The zero-order valence-corrected chi connectivity index (χ0v) is 18.8. The number of amides is 2. The summed E-state index contributed by atoms with van der Waals surface area (Å²) in [6.07, 6.45) is 5.29. The van der Waals surface area contributed by atoms with Gasteiger partial charge < -0.3 is 14.7 Å². The zero-order chi connectivity index (χ0) is 22.6. The molecule has 2 aliphatic heterocycles. The minimum Gasteiger partial charge on any atom is -0.465 e. The minimum absolute atomic E-state index is 0.0667. The van der Waals surface area contributed by atoms with E-state index < -0.39 is 6.09 Å². The number of carbonyl (C=O) groups excluding carboxylic acids is 1. The molecule has 0 radical (unpaired) electrons. The van der Waals surface area contributed by atoms with E-state index in [1.54, 1.807) is 11.1 Å². The van der Waals surface area contributed by atoms with Gasteiger partial charge in [0.25, 0.3) is 0 Å². The molecular formula is C24H30N4O4.